The van der Waals surface area contributed by atoms with Crippen LogP contribution in [0.25, 0.3) is 0 Å². The number of rotatable bonds is 7. The molecule has 0 spiro atoms. The zero-order valence-corrected chi connectivity index (χ0v) is 15.3. The first-order chi connectivity index (χ1) is 12.6. The van der Waals surface area contributed by atoms with Crippen molar-refractivity contribution < 1.29 is 9.59 Å². The van der Waals surface area contributed by atoms with E-state index in [9.17, 15) is 9.59 Å². The number of benzene rings is 2. The van der Waals surface area contributed by atoms with E-state index in [0.29, 0.717) is 12.8 Å². The van der Waals surface area contributed by atoms with E-state index in [4.69, 9.17) is 0 Å². The maximum Gasteiger partial charge on any atom is 0.227 e. The van der Waals surface area contributed by atoms with Crippen LogP contribution in [0, 0.1) is 0 Å². The maximum atomic E-state index is 11.6. The van der Waals surface area contributed by atoms with Gasteiger partial charge in [-0.2, -0.15) is 0 Å². The van der Waals surface area contributed by atoms with Crippen LogP contribution in [0.15, 0.2) is 54.6 Å². The molecule has 1 heterocycles. The van der Waals surface area contributed by atoms with Gasteiger partial charge in [0.25, 0.3) is 0 Å². The molecule has 1 saturated heterocycles. The number of aryl methyl sites for hydroxylation is 1. The third-order valence-corrected chi connectivity index (χ3v) is 4.87. The highest BCUT2D eigenvalue weighted by Crippen LogP contribution is 2.27. The summed E-state index contributed by atoms with van der Waals surface area (Å²) >= 11 is 0. The third kappa shape index (κ3) is 5.27. The molecule has 2 aromatic rings. The summed E-state index contributed by atoms with van der Waals surface area (Å²) in [6, 6.07) is 18.9. The number of amides is 2. The standard InChI is InChI=1S/C22H26N2O2/c1-24(16-18-7-3-2-4-8-18)12-6-10-17-9-5-11-19(13-17)20-14-21(25)23-22(26)15-20/h2-5,7-9,11,13,20H,6,10,12,14-16H2,1H3,(H,23,25,26). The summed E-state index contributed by atoms with van der Waals surface area (Å²) in [6.07, 6.45) is 2.88. The average Bonchev–Trinajstić information content (AvgIpc) is 2.62. The summed E-state index contributed by atoms with van der Waals surface area (Å²) in [5, 5.41) is 2.38. The highest BCUT2D eigenvalue weighted by atomic mass is 16.2. The number of nitrogens with one attached hydrogen (secondary N) is 1. The van der Waals surface area contributed by atoms with Crippen molar-refractivity contribution in [3.63, 3.8) is 0 Å². The minimum absolute atomic E-state index is 0.0111. The van der Waals surface area contributed by atoms with E-state index < -0.39 is 0 Å². The summed E-state index contributed by atoms with van der Waals surface area (Å²) in [5.74, 6) is -0.324. The number of carbonyl (C=O) groups is 2. The third-order valence-electron chi connectivity index (χ3n) is 4.87. The van der Waals surface area contributed by atoms with Crippen molar-refractivity contribution in [3.05, 3.63) is 71.3 Å². The molecule has 0 radical (unpaired) electrons. The Hall–Kier alpha value is -2.46. The second-order valence-electron chi connectivity index (χ2n) is 7.15. The summed E-state index contributed by atoms with van der Waals surface area (Å²) in [7, 11) is 2.15. The van der Waals surface area contributed by atoms with Crippen LogP contribution in [0.5, 0.6) is 0 Å². The van der Waals surface area contributed by atoms with Crippen LogP contribution in [0.2, 0.25) is 0 Å². The molecule has 136 valence electrons. The lowest BCUT2D eigenvalue weighted by Gasteiger charge is -2.22. The van der Waals surface area contributed by atoms with E-state index in [-0.39, 0.29) is 17.7 Å². The number of imide groups is 1. The highest BCUT2D eigenvalue weighted by molar-refractivity contribution is 5.98. The molecule has 3 rings (SSSR count). The average molecular weight is 350 g/mol. The summed E-state index contributed by atoms with van der Waals surface area (Å²) in [4.78, 5) is 25.5. The van der Waals surface area contributed by atoms with E-state index in [1.165, 1.54) is 11.1 Å². The van der Waals surface area contributed by atoms with Crippen molar-refractivity contribution >= 4 is 11.8 Å². The summed E-state index contributed by atoms with van der Waals surface area (Å²) < 4.78 is 0. The predicted molar refractivity (Wildman–Crippen MR) is 103 cm³/mol. The largest absolute Gasteiger partial charge is 0.302 e. The van der Waals surface area contributed by atoms with E-state index in [1.54, 1.807) is 0 Å². The smallest absolute Gasteiger partial charge is 0.227 e. The zero-order valence-electron chi connectivity index (χ0n) is 15.3. The molecule has 4 nitrogen and oxygen atoms in total. The second-order valence-corrected chi connectivity index (χ2v) is 7.15. The molecule has 0 aromatic heterocycles. The van der Waals surface area contributed by atoms with E-state index in [1.807, 2.05) is 18.2 Å². The van der Waals surface area contributed by atoms with E-state index in [2.05, 4.69) is 53.7 Å². The van der Waals surface area contributed by atoms with Gasteiger partial charge in [-0.15, -0.1) is 0 Å². The van der Waals surface area contributed by atoms with Crippen LogP contribution in [-0.4, -0.2) is 30.3 Å². The zero-order chi connectivity index (χ0) is 18.4. The first-order valence-corrected chi connectivity index (χ1v) is 9.24. The number of hydrogen-bond acceptors (Lipinski definition) is 3. The first kappa shape index (κ1) is 18.3. The van der Waals surface area contributed by atoms with Crippen LogP contribution in [0.4, 0.5) is 0 Å². The first-order valence-electron chi connectivity index (χ1n) is 9.24. The molecule has 0 atom stereocenters. The predicted octanol–water partition coefficient (Wildman–Crippen LogP) is 3.27. The fourth-order valence-electron chi connectivity index (χ4n) is 3.54. The number of nitrogens with zero attached hydrogens (tertiary/aromatic N) is 1. The molecule has 0 unspecified atom stereocenters. The lowest BCUT2D eigenvalue weighted by atomic mass is 9.88. The second kappa shape index (κ2) is 8.77. The van der Waals surface area contributed by atoms with Gasteiger partial charge in [-0.3, -0.25) is 14.9 Å². The minimum Gasteiger partial charge on any atom is -0.302 e. The molecule has 2 amide bonds. The van der Waals surface area contributed by atoms with Crippen molar-refractivity contribution in [2.24, 2.45) is 0 Å². The molecule has 2 aromatic carbocycles. The molecule has 4 heteroatoms. The lowest BCUT2D eigenvalue weighted by Crippen LogP contribution is -2.37. The topological polar surface area (TPSA) is 49.4 Å². The molecule has 1 N–H and O–H groups in total. The Labute approximate surface area is 155 Å². The molecule has 1 aliphatic heterocycles. The number of piperidine rings is 1. The Morgan fingerprint density at radius 3 is 2.38 bits per heavy atom. The van der Waals surface area contributed by atoms with Crippen molar-refractivity contribution in [2.75, 3.05) is 13.6 Å². The summed E-state index contributed by atoms with van der Waals surface area (Å²) in [6.45, 7) is 1.99. The van der Waals surface area contributed by atoms with Gasteiger partial charge < -0.3 is 4.90 Å². The lowest BCUT2D eigenvalue weighted by molar-refractivity contribution is -0.133. The van der Waals surface area contributed by atoms with Crippen LogP contribution in [-0.2, 0) is 22.6 Å². The minimum atomic E-state index is -0.167. The Kier molecular flexibility index (Phi) is 6.18. The van der Waals surface area contributed by atoms with Crippen LogP contribution >= 0.6 is 0 Å². The van der Waals surface area contributed by atoms with Gasteiger partial charge in [0.05, 0.1) is 0 Å². The summed E-state index contributed by atoms with van der Waals surface area (Å²) in [5.41, 5.74) is 3.70. The molecule has 0 saturated carbocycles. The monoisotopic (exact) mass is 350 g/mol. The van der Waals surface area contributed by atoms with Gasteiger partial charge in [-0.1, -0.05) is 54.6 Å². The van der Waals surface area contributed by atoms with Crippen molar-refractivity contribution in [3.8, 4) is 0 Å². The van der Waals surface area contributed by atoms with E-state index in [0.717, 1.165) is 31.5 Å². The Morgan fingerprint density at radius 2 is 1.65 bits per heavy atom. The van der Waals surface area contributed by atoms with Gasteiger partial charge >= 0.3 is 0 Å². The van der Waals surface area contributed by atoms with Crippen molar-refractivity contribution in [1.29, 1.82) is 0 Å². The van der Waals surface area contributed by atoms with Crippen molar-refractivity contribution in [1.82, 2.24) is 10.2 Å². The van der Waals surface area contributed by atoms with Crippen molar-refractivity contribution in [2.45, 2.75) is 38.1 Å². The Bertz CT molecular complexity index is 742. The molecule has 26 heavy (non-hydrogen) atoms. The number of hydrogen-bond donors (Lipinski definition) is 1. The Balaban J connectivity index is 1.51. The van der Waals surface area contributed by atoms with Gasteiger partial charge in [0, 0.05) is 25.3 Å². The molecule has 1 fully saturated rings. The molecule has 0 aliphatic carbocycles. The van der Waals surface area contributed by atoms with E-state index >= 15 is 0 Å². The van der Waals surface area contributed by atoms with Gasteiger partial charge in [-0.25, -0.2) is 0 Å². The maximum absolute atomic E-state index is 11.6. The quantitative estimate of drug-likeness (QED) is 0.780. The fraction of sp³-hybridized carbons (Fsp3) is 0.364. The fourth-order valence-corrected chi connectivity index (χ4v) is 3.54. The van der Waals surface area contributed by atoms with Crippen LogP contribution < -0.4 is 5.32 Å². The van der Waals surface area contributed by atoms with Gasteiger partial charge in [-0.05, 0) is 43.1 Å². The number of carbonyl (C=O) groups excluding carboxylic acids is 2. The molecular formula is C22H26N2O2. The molecule has 0 bridgehead atoms. The Morgan fingerprint density at radius 1 is 0.962 bits per heavy atom. The highest BCUT2D eigenvalue weighted by Gasteiger charge is 2.26. The van der Waals surface area contributed by atoms with Gasteiger partial charge in [0.15, 0.2) is 0 Å². The van der Waals surface area contributed by atoms with Crippen LogP contribution in [0.1, 0.15) is 41.9 Å². The SMILES string of the molecule is CN(CCCc1cccc(C2CC(=O)NC(=O)C2)c1)Cc1ccccc1. The normalized spacial score (nSPS) is 15.3. The molecule has 1 aliphatic rings. The van der Waals surface area contributed by atoms with Crippen LogP contribution in [0.3, 0.4) is 0 Å². The van der Waals surface area contributed by atoms with Gasteiger partial charge in [0.2, 0.25) is 11.8 Å². The molecular weight excluding hydrogens is 324 g/mol. The van der Waals surface area contributed by atoms with Gasteiger partial charge in [0.1, 0.15) is 0 Å².